The molecule has 0 unspecified atom stereocenters. The lowest BCUT2D eigenvalue weighted by atomic mass is 9.90. The van der Waals surface area contributed by atoms with Crippen molar-refractivity contribution >= 4 is 0 Å². The van der Waals surface area contributed by atoms with Crippen LogP contribution in [0.1, 0.15) is 11.1 Å². The van der Waals surface area contributed by atoms with E-state index < -0.39 is 0 Å². The van der Waals surface area contributed by atoms with Gasteiger partial charge in [-0.25, -0.2) is 8.78 Å². The van der Waals surface area contributed by atoms with Gasteiger partial charge in [0.05, 0.1) is 0 Å². The molecular weight excluding hydrogens is 350 g/mol. The molecule has 0 saturated carbocycles. The van der Waals surface area contributed by atoms with Gasteiger partial charge >= 0.3 is 0 Å². The van der Waals surface area contributed by atoms with Crippen molar-refractivity contribution in [3.8, 4) is 34.1 Å². The van der Waals surface area contributed by atoms with Gasteiger partial charge in [0, 0.05) is 22.3 Å². The molecule has 0 nitrogen and oxygen atoms in total. The Morgan fingerprint density at radius 2 is 1.07 bits per heavy atom. The van der Waals surface area contributed by atoms with Crippen LogP contribution in [0.5, 0.6) is 0 Å². The van der Waals surface area contributed by atoms with Gasteiger partial charge in [0.15, 0.2) is 0 Å². The highest BCUT2D eigenvalue weighted by atomic mass is 19.1. The molecule has 0 fully saturated rings. The molecule has 134 valence electrons. The fourth-order valence-corrected chi connectivity index (χ4v) is 3.15. The summed E-state index contributed by atoms with van der Waals surface area (Å²) in [5.74, 6) is 5.61. The van der Waals surface area contributed by atoms with Gasteiger partial charge in [-0.3, -0.25) is 0 Å². The smallest absolute Gasteiger partial charge is 0.131 e. The number of halogens is 2. The minimum Gasteiger partial charge on any atom is -0.207 e. The van der Waals surface area contributed by atoms with Gasteiger partial charge in [-0.2, -0.15) is 0 Å². The molecule has 28 heavy (non-hydrogen) atoms. The zero-order chi connectivity index (χ0) is 19.3. The second-order valence-electron chi connectivity index (χ2n) is 6.33. The number of hydrogen-bond donors (Lipinski definition) is 0. The monoisotopic (exact) mass is 366 g/mol. The largest absolute Gasteiger partial charge is 0.207 e. The summed E-state index contributed by atoms with van der Waals surface area (Å²) in [7, 11) is 0. The molecule has 4 aromatic carbocycles. The Bertz CT molecular complexity index is 1150. The van der Waals surface area contributed by atoms with Crippen molar-refractivity contribution in [3.63, 3.8) is 0 Å². The number of rotatable bonds is 2. The van der Waals surface area contributed by atoms with E-state index in [2.05, 4.69) is 11.8 Å². The van der Waals surface area contributed by atoms with Crippen LogP contribution < -0.4 is 0 Å². The third-order valence-corrected chi connectivity index (χ3v) is 4.47. The van der Waals surface area contributed by atoms with Gasteiger partial charge in [-0.15, -0.1) is 0 Å². The molecule has 0 aliphatic heterocycles. The molecule has 0 amide bonds. The molecule has 0 aliphatic rings. The number of benzene rings is 4. The second kappa shape index (κ2) is 7.90. The summed E-state index contributed by atoms with van der Waals surface area (Å²) in [6.07, 6.45) is 0. The zero-order valence-corrected chi connectivity index (χ0v) is 15.0. The Kier molecular flexibility index (Phi) is 4.99. The van der Waals surface area contributed by atoms with E-state index in [1.807, 2.05) is 60.7 Å². The summed E-state index contributed by atoms with van der Waals surface area (Å²) in [6.45, 7) is 0. The van der Waals surface area contributed by atoms with Crippen molar-refractivity contribution in [2.24, 2.45) is 0 Å². The molecule has 4 rings (SSSR count). The van der Waals surface area contributed by atoms with E-state index in [-0.39, 0.29) is 11.6 Å². The van der Waals surface area contributed by atoms with Gasteiger partial charge in [-0.1, -0.05) is 72.5 Å². The Hall–Kier alpha value is -3.70. The van der Waals surface area contributed by atoms with Crippen LogP contribution in [-0.2, 0) is 0 Å². The van der Waals surface area contributed by atoms with Crippen LogP contribution in [0.15, 0.2) is 97.1 Å². The molecule has 0 aliphatic carbocycles. The summed E-state index contributed by atoms with van der Waals surface area (Å²) in [4.78, 5) is 0. The highest BCUT2D eigenvalue weighted by Crippen LogP contribution is 2.36. The Morgan fingerprint density at radius 3 is 1.68 bits per heavy atom. The summed E-state index contributed by atoms with van der Waals surface area (Å²) in [5.41, 5.74) is 4.38. The van der Waals surface area contributed by atoms with E-state index >= 15 is 0 Å². The first-order chi connectivity index (χ1) is 13.7. The predicted molar refractivity (Wildman–Crippen MR) is 110 cm³/mol. The first-order valence-corrected chi connectivity index (χ1v) is 8.93. The van der Waals surface area contributed by atoms with Gasteiger partial charge in [-0.05, 0) is 47.5 Å². The molecule has 0 saturated heterocycles. The topological polar surface area (TPSA) is 0 Å². The van der Waals surface area contributed by atoms with Crippen molar-refractivity contribution < 1.29 is 8.78 Å². The Morgan fingerprint density at radius 1 is 0.500 bits per heavy atom. The van der Waals surface area contributed by atoms with E-state index in [1.54, 1.807) is 18.2 Å². The minimum absolute atomic E-state index is 0.294. The summed E-state index contributed by atoms with van der Waals surface area (Å²) in [5, 5.41) is 0. The third-order valence-electron chi connectivity index (χ3n) is 4.47. The van der Waals surface area contributed by atoms with Crippen molar-refractivity contribution in [1.82, 2.24) is 0 Å². The van der Waals surface area contributed by atoms with Crippen LogP contribution in [0.4, 0.5) is 8.78 Å². The van der Waals surface area contributed by atoms with E-state index in [1.165, 1.54) is 18.2 Å². The summed E-state index contributed by atoms with van der Waals surface area (Å²) in [6, 6.07) is 28.3. The lowest BCUT2D eigenvalue weighted by molar-refractivity contribution is 0.627. The molecule has 2 heteroatoms. The van der Waals surface area contributed by atoms with Gasteiger partial charge in [0.2, 0.25) is 0 Å². The molecule has 0 aromatic heterocycles. The average molecular weight is 366 g/mol. The second-order valence-corrected chi connectivity index (χ2v) is 6.33. The lowest BCUT2D eigenvalue weighted by Gasteiger charge is -2.14. The van der Waals surface area contributed by atoms with E-state index in [9.17, 15) is 8.78 Å². The molecular formula is C26H16F2. The van der Waals surface area contributed by atoms with E-state index in [0.717, 1.165) is 22.3 Å². The van der Waals surface area contributed by atoms with E-state index in [0.29, 0.717) is 11.1 Å². The van der Waals surface area contributed by atoms with Crippen LogP contribution in [0, 0.1) is 23.5 Å². The van der Waals surface area contributed by atoms with Gasteiger partial charge < -0.3 is 0 Å². The van der Waals surface area contributed by atoms with Crippen LogP contribution in [0.3, 0.4) is 0 Å². The first kappa shape index (κ1) is 17.7. The van der Waals surface area contributed by atoms with Crippen LogP contribution >= 0.6 is 0 Å². The molecule has 0 spiro atoms. The quantitative estimate of drug-likeness (QED) is 0.346. The predicted octanol–water partition coefficient (Wildman–Crippen LogP) is 6.70. The first-order valence-electron chi connectivity index (χ1n) is 8.93. The maximum atomic E-state index is 14.9. The Balaban J connectivity index is 1.94. The van der Waals surface area contributed by atoms with Crippen LogP contribution in [0.2, 0.25) is 0 Å². The highest BCUT2D eigenvalue weighted by molar-refractivity contribution is 5.88. The SMILES string of the molecule is Fc1ccc(C#Cc2ccc(F)c(-c3ccccc3)c2-c2ccccc2)cc1. The fourth-order valence-electron chi connectivity index (χ4n) is 3.15. The minimum atomic E-state index is -0.302. The standard InChI is InChI=1S/C26H16F2/c27-23-16-12-19(13-17-23)11-14-22-15-18-24(28)26(21-9-5-2-6-10-21)25(22)20-7-3-1-4-8-20/h1-10,12-13,15-18H. The molecule has 0 N–H and O–H groups in total. The van der Waals surface area contributed by atoms with Gasteiger partial charge in [0.25, 0.3) is 0 Å². The van der Waals surface area contributed by atoms with Crippen molar-refractivity contribution in [3.05, 3.63) is 120 Å². The van der Waals surface area contributed by atoms with Crippen molar-refractivity contribution in [2.75, 3.05) is 0 Å². The molecule has 0 atom stereocenters. The normalized spacial score (nSPS) is 10.2. The van der Waals surface area contributed by atoms with Crippen LogP contribution in [0.25, 0.3) is 22.3 Å². The van der Waals surface area contributed by atoms with Crippen molar-refractivity contribution in [2.45, 2.75) is 0 Å². The maximum Gasteiger partial charge on any atom is 0.131 e. The van der Waals surface area contributed by atoms with E-state index in [4.69, 9.17) is 0 Å². The zero-order valence-electron chi connectivity index (χ0n) is 15.0. The highest BCUT2D eigenvalue weighted by Gasteiger charge is 2.16. The third kappa shape index (κ3) is 3.70. The molecule has 0 heterocycles. The van der Waals surface area contributed by atoms with Crippen LogP contribution in [-0.4, -0.2) is 0 Å². The van der Waals surface area contributed by atoms with Crippen molar-refractivity contribution in [1.29, 1.82) is 0 Å². The maximum absolute atomic E-state index is 14.9. The fraction of sp³-hybridized carbons (Fsp3) is 0. The average Bonchev–Trinajstić information content (AvgIpc) is 2.75. The summed E-state index contributed by atoms with van der Waals surface area (Å²) < 4.78 is 28.0. The Labute approximate surface area is 163 Å². The molecule has 0 bridgehead atoms. The summed E-state index contributed by atoms with van der Waals surface area (Å²) >= 11 is 0. The number of hydrogen-bond acceptors (Lipinski definition) is 0. The van der Waals surface area contributed by atoms with Gasteiger partial charge in [0.1, 0.15) is 11.6 Å². The molecule has 0 radical (unpaired) electrons. The molecule has 4 aromatic rings. The lowest BCUT2D eigenvalue weighted by Crippen LogP contribution is -1.94.